The first-order valence-corrected chi connectivity index (χ1v) is 8.29. The molecule has 3 N–H and O–H groups in total. The second kappa shape index (κ2) is 5.70. The number of carbonyl (C=O) groups is 1. The van der Waals surface area contributed by atoms with Crippen molar-refractivity contribution in [2.75, 3.05) is 5.73 Å². The lowest BCUT2D eigenvalue weighted by Crippen LogP contribution is -2.44. The Balaban J connectivity index is 1.65. The number of benzene rings is 1. The van der Waals surface area contributed by atoms with Crippen LogP contribution in [0.4, 0.5) is 5.69 Å². The summed E-state index contributed by atoms with van der Waals surface area (Å²) in [6.45, 7) is 2.17. The van der Waals surface area contributed by atoms with Crippen LogP contribution in [-0.2, 0) is 10.2 Å². The van der Waals surface area contributed by atoms with E-state index < -0.39 is 0 Å². The highest BCUT2D eigenvalue weighted by Crippen LogP contribution is 2.48. The highest BCUT2D eigenvalue weighted by Gasteiger charge is 2.51. The van der Waals surface area contributed by atoms with E-state index in [9.17, 15) is 4.79 Å². The molecule has 0 spiro atoms. The van der Waals surface area contributed by atoms with Crippen LogP contribution in [0.15, 0.2) is 24.3 Å². The van der Waals surface area contributed by atoms with Gasteiger partial charge in [0, 0.05) is 11.7 Å². The molecule has 3 nitrogen and oxygen atoms in total. The van der Waals surface area contributed by atoms with Crippen LogP contribution in [0.1, 0.15) is 57.4 Å². The number of hydrogen-bond acceptors (Lipinski definition) is 2. The van der Waals surface area contributed by atoms with Gasteiger partial charge in [-0.15, -0.1) is 0 Å². The Morgan fingerprint density at radius 1 is 1.19 bits per heavy atom. The van der Waals surface area contributed by atoms with Crippen LogP contribution in [0.5, 0.6) is 0 Å². The molecule has 0 radical (unpaired) electrons. The molecular formula is C18H26N2O. The second-order valence-corrected chi connectivity index (χ2v) is 6.86. The van der Waals surface area contributed by atoms with E-state index in [2.05, 4.69) is 12.2 Å². The first-order chi connectivity index (χ1) is 10.1. The van der Waals surface area contributed by atoms with Gasteiger partial charge in [0.2, 0.25) is 5.91 Å². The van der Waals surface area contributed by atoms with Crippen molar-refractivity contribution in [3.05, 3.63) is 29.8 Å². The second-order valence-electron chi connectivity index (χ2n) is 6.86. The number of rotatable bonds is 4. The number of amides is 1. The van der Waals surface area contributed by atoms with Crippen molar-refractivity contribution in [1.82, 2.24) is 5.32 Å². The van der Waals surface area contributed by atoms with Crippen molar-refractivity contribution >= 4 is 11.6 Å². The van der Waals surface area contributed by atoms with Gasteiger partial charge in [0.15, 0.2) is 0 Å². The minimum atomic E-state index is -0.281. The van der Waals surface area contributed by atoms with Crippen LogP contribution in [0.3, 0.4) is 0 Å². The summed E-state index contributed by atoms with van der Waals surface area (Å²) in [6, 6.07) is 8.10. The molecule has 1 aromatic carbocycles. The molecule has 0 saturated heterocycles. The van der Waals surface area contributed by atoms with Crippen molar-refractivity contribution in [3.8, 4) is 0 Å². The van der Waals surface area contributed by atoms with Gasteiger partial charge in [0.1, 0.15) is 0 Å². The molecule has 2 aliphatic rings. The quantitative estimate of drug-likeness (QED) is 0.834. The zero-order valence-electron chi connectivity index (χ0n) is 12.9. The van der Waals surface area contributed by atoms with Crippen LogP contribution in [0.25, 0.3) is 0 Å². The Kier molecular flexibility index (Phi) is 3.92. The van der Waals surface area contributed by atoms with E-state index in [1.807, 2.05) is 24.3 Å². The number of nitrogens with one attached hydrogen (secondary N) is 1. The van der Waals surface area contributed by atoms with Crippen molar-refractivity contribution in [2.45, 2.75) is 63.3 Å². The van der Waals surface area contributed by atoms with E-state index in [0.29, 0.717) is 12.0 Å². The largest absolute Gasteiger partial charge is 0.399 e. The van der Waals surface area contributed by atoms with Gasteiger partial charge in [-0.2, -0.15) is 0 Å². The summed E-state index contributed by atoms with van der Waals surface area (Å²) >= 11 is 0. The summed E-state index contributed by atoms with van der Waals surface area (Å²) < 4.78 is 0. The molecule has 3 rings (SSSR count). The maximum Gasteiger partial charge on any atom is 0.230 e. The van der Waals surface area contributed by atoms with Gasteiger partial charge in [-0.1, -0.05) is 31.4 Å². The Morgan fingerprint density at radius 2 is 1.81 bits per heavy atom. The lowest BCUT2D eigenvalue weighted by atomic mass is 9.84. The predicted molar refractivity (Wildman–Crippen MR) is 85.9 cm³/mol. The molecule has 1 atom stereocenters. The van der Waals surface area contributed by atoms with Crippen molar-refractivity contribution in [3.63, 3.8) is 0 Å². The summed E-state index contributed by atoms with van der Waals surface area (Å²) in [6.07, 6.45) is 8.42. The summed E-state index contributed by atoms with van der Waals surface area (Å²) in [5.41, 5.74) is 7.33. The Bertz CT molecular complexity index is 498. The fraction of sp³-hybridized carbons (Fsp3) is 0.611. The lowest BCUT2D eigenvalue weighted by molar-refractivity contribution is -0.124. The normalized spacial score (nSPS) is 22.5. The fourth-order valence-electron chi connectivity index (χ4n) is 3.67. The van der Waals surface area contributed by atoms with Gasteiger partial charge in [-0.05, 0) is 56.2 Å². The number of carbonyl (C=O) groups excluding carboxylic acids is 1. The van der Waals surface area contributed by atoms with Gasteiger partial charge in [-0.3, -0.25) is 4.79 Å². The number of anilines is 1. The van der Waals surface area contributed by atoms with E-state index in [1.54, 1.807) is 0 Å². The number of hydrogen-bond donors (Lipinski definition) is 2. The monoisotopic (exact) mass is 286 g/mol. The van der Waals surface area contributed by atoms with E-state index in [-0.39, 0.29) is 11.3 Å². The minimum Gasteiger partial charge on any atom is -0.399 e. The molecule has 0 aliphatic heterocycles. The molecule has 2 aliphatic carbocycles. The molecule has 1 aromatic rings. The zero-order chi connectivity index (χ0) is 14.9. The molecule has 114 valence electrons. The van der Waals surface area contributed by atoms with E-state index in [1.165, 1.54) is 32.1 Å². The molecule has 1 unspecified atom stereocenters. The van der Waals surface area contributed by atoms with E-state index in [4.69, 9.17) is 5.73 Å². The van der Waals surface area contributed by atoms with Gasteiger partial charge < -0.3 is 11.1 Å². The third-order valence-electron chi connectivity index (χ3n) is 5.36. The smallest absolute Gasteiger partial charge is 0.230 e. The SMILES string of the molecule is CC(NC(=O)C1(c2ccc(N)cc2)CC1)C1CCCCC1. The Morgan fingerprint density at radius 3 is 2.38 bits per heavy atom. The van der Waals surface area contributed by atoms with Crippen molar-refractivity contribution in [2.24, 2.45) is 5.92 Å². The molecule has 0 heterocycles. The third-order valence-corrected chi connectivity index (χ3v) is 5.36. The Labute approximate surface area is 127 Å². The third kappa shape index (κ3) is 2.92. The predicted octanol–water partition coefficient (Wildman–Crippen LogP) is 3.39. The van der Waals surface area contributed by atoms with E-state index in [0.717, 1.165) is 24.1 Å². The summed E-state index contributed by atoms with van der Waals surface area (Å²) in [4.78, 5) is 12.7. The van der Waals surface area contributed by atoms with Gasteiger partial charge in [0.05, 0.1) is 5.41 Å². The highest BCUT2D eigenvalue weighted by atomic mass is 16.2. The average Bonchev–Trinajstić information content (AvgIpc) is 3.30. The maximum absolute atomic E-state index is 12.7. The van der Waals surface area contributed by atoms with Gasteiger partial charge in [0.25, 0.3) is 0 Å². The number of nitrogen functional groups attached to an aromatic ring is 1. The zero-order valence-corrected chi connectivity index (χ0v) is 12.9. The summed E-state index contributed by atoms with van der Waals surface area (Å²) in [7, 11) is 0. The number of nitrogens with two attached hydrogens (primary N) is 1. The van der Waals surface area contributed by atoms with Crippen molar-refractivity contribution < 1.29 is 4.79 Å². The highest BCUT2D eigenvalue weighted by molar-refractivity contribution is 5.91. The topological polar surface area (TPSA) is 55.1 Å². The molecule has 0 bridgehead atoms. The Hall–Kier alpha value is -1.51. The first kappa shape index (κ1) is 14.4. The molecule has 2 saturated carbocycles. The summed E-state index contributed by atoms with van der Waals surface area (Å²) in [5, 5.41) is 3.30. The van der Waals surface area contributed by atoms with Crippen LogP contribution in [0.2, 0.25) is 0 Å². The van der Waals surface area contributed by atoms with Crippen LogP contribution < -0.4 is 11.1 Å². The van der Waals surface area contributed by atoms with Gasteiger partial charge >= 0.3 is 0 Å². The summed E-state index contributed by atoms with van der Waals surface area (Å²) in [5.74, 6) is 0.871. The molecule has 3 heteroatoms. The molecule has 1 amide bonds. The maximum atomic E-state index is 12.7. The molecule has 21 heavy (non-hydrogen) atoms. The molecule has 0 aromatic heterocycles. The van der Waals surface area contributed by atoms with E-state index >= 15 is 0 Å². The molecular weight excluding hydrogens is 260 g/mol. The van der Waals surface area contributed by atoms with Crippen LogP contribution >= 0.6 is 0 Å². The van der Waals surface area contributed by atoms with Gasteiger partial charge in [-0.25, -0.2) is 0 Å². The van der Waals surface area contributed by atoms with Crippen LogP contribution in [0, 0.1) is 5.92 Å². The average molecular weight is 286 g/mol. The lowest BCUT2D eigenvalue weighted by Gasteiger charge is -2.29. The minimum absolute atomic E-state index is 0.213. The first-order valence-electron chi connectivity index (χ1n) is 8.29. The molecule has 2 fully saturated rings. The standard InChI is InChI=1S/C18H26N2O/c1-13(14-5-3-2-4-6-14)20-17(21)18(11-12-18)15-7-9-16(19)10-8-15/h7-10,13-14H,2-6,11-12,19H2,1H3,(H,20,21). The van der Waals surface area contributed by atoms with Crippen molar-refractivity contribution in [1.29, 1.82) is 0 Å². The van der Waals surface area contributed by atoms with Crippen LogP contribution in [-0.4, -0.2) is 11.9 Å². The fourth-order valence-corrected chi connectivity index (χ4v) is 3.67.